The van der Waals surface area contributed by atoms with Gasteiger partial charge in [0.15, 0.2) is 0 Å². The molecule has 0 unspecified atom stereocenters. The van der Waals surface area contributed by atoms with Crippen molar-refractivity contribution >= 4 is 47.8 Å². The Morgan fingerprint density at radius 3 is 2.58 bits per heavy atom. The van der Waals surface area contributed by atoms with E-state index in [0.29, 0.717) is 16.4 Å². The minimum absolute atomic E-state index is 0.277. The second-order valence-electron chi connectivity index (χ2n) is 3.93. The summed E-state index contributed by atoms with van der Waals surface area (Å²) in [5.41, 5.74) is 1.83. The first-order valence-electron chi connectivity index (χ1n) is 5.51. The molecule has 1 nitrogen and oxygen atoms in total. The number of rotatable bonds is 4. The number of para-hydroxylation sites is 1. The van der Waals surface area contributed by atoms with Crippen molar-refractivity contribution in [3.63, 3.8) is 0 Å². The van der Waals surface area contributed by atoms with Crippen LogP contribution in [0.2, 0.25) is 0 Å². The van der Waals surface area contributed by atoms with Crippen LogP contribution >= 0.6 is 47.8 Å². The van der Waals surface area contributed by atoms with Crippen molar-refractivity contribution < 1.29 is 9.13 Å². The van der Waals surface area contributed by atoms with E-state index in [2.05, 4.69) is 47.8 Å². The number of benzene rings is 2. The molecule has 0 saturated carbocycles. The average molecular weight is 453 g/mol. The van der Waals surface area contributed by atoms with Gasteiger partial charge in [-0.25, -0.2) is 4.39 Å². The summed E-state index contributed by atoms with van der Waals surface area (Å²) in [6, 6.07) is 10.6. The van der Waals surface area contributed by atoms with E-state index in [1.165, 1.54) is 12.1 Å². The van der Waals surface area contributed by atoms with E-state index in [4.69, 9.17) is 4.74 Å². The number of halogens is 4. The largest absolute Gasteiger partial charge is 0.487 e. The molecule has 2 rings (SSSR count). The predicted octanol–water partition coefficient (Wildman–Crippen LogP) is 5.82. The maximum Gasteiger partial charge on any atom is 0.138 e. The Kier molecular flexibility index (Phi) is 5.42. The lowest BCUT2D eigenvalue weighted by atomic mass is 10.2. The molecule has 0 radical (unpaired) electrons. The minimum Gasteiger partial charge on any atom is -0.487 e. The monoisotopic (exact) mass is 450 g/mol. The molecular weight excluding hydrogens is 443 g/mol. The summed E-state index contributed by atoms with van der Waals surface area (Å²) < 4.78 is 20.7. The third-order valence-electron chi connectivity index (χ3n) is 2.50. The lowest BCUT2D eigenvalue weighted by Gasteiger charge is -2.12. The Hall–Kier alpha value is -0.390. The van der Waals surface area contributed by atoms with Crippen molar-refractivity contribution in [2.75, 3.05) is 0 Å². The minimum atomic E-state index is -0.277. The molecule has 0 aliphatic heterocycles. The van der Waals surface area contributed by atoms with E-state index in [1.54, 1.807) is 0 Å². The molecule has 5 heteroatoms. The lowest BCUT2D eigenvalue weighted by Crippen LogP contribution is -1.99. The Morgan fingerprint density at radius 2 is 1.89 bits per heavy atom. The van der Waals surface area contributed by atoms with Gasteiger partial charge in [0.05, 0.1) is 4.47 Å². The Morgan fingerprint density at radius 1 is 1.11 bits per heavy atom. The second-order valence-corrected chi connectivity index (χ2v) is 6.26. The lowest BCUT2D eigenvalue weighted by molar-refractivity contribution is 0.301. The summed E-state index contributed by atoms with van der Waals surface area (Å²) in [6.45, 7) is 0.318. The highest BCUT2D eigenvalue weighted by Crippen LogP contribution is 2.31. The summed E-state index contributed by atoms with van der Waals surface area (Å²) >= 11 is 10.2. The summed E-state index contributed by atoms with van der Waals surface area (Å²) in [5, 5.41) is 0.703. The highest BCUT2D eigenvalue weighted by molar-refractivity contribution is 9.11. The van der Waals surface area contributed by atoms with Gasteiger partial charge in [-0.1, -0.05) is 44.0 Å². The molecule has 2 aromatic rings. The Labute approximate surface area is 136 Å². The molecule has 0 atom stereocenters. The van der Waals surface area contributed by atoms with E-state index < -0.39 is 0 Å². The fourth-order valence-corrected chi connectivity index (χ4v) is 3.15. The SMILES string of the molecule is Fc1cc(Br)cc(COc2c(Br)cccc2CBr)c1. The molecule has 0 heterocycles. The third kappa shape index (κ3) is 4.04. The van der Waals surface area contributed by atoms with Crippen LogP contribution in [0, 0.1) is 5.82 Å². The Bertz CT molecular complexity index is 567. The maximum atomic E-state index is 13.3. The quantitative estimate of drug-likeness (QED) is 0.531. The average Bonchev–Trinajstić information content (AvgIpc) is 2.36. The van der Waals surface area contributed by atoms with Crippen LogP contribution in [0.5, 0.6) is 5.75 Å². The van der Waals surface area contributed by atoms with E-state index >= 15 is 0 Å². The van der Waals surface area contributed by atoms with E-state index in [9.17, 15) is 4.39 Å². The Balaban J connectivity index is 2.18. The molecule has 0 fully saturated rings. The van der Waals surface area contributed by atoms with Crippen molar-refractivity contribution in [1.82, 2.24) is 0 Å². The van der Waals surface area contributed by atoms with Gasteiger partial charge in [-0.3, -0.25) is 0 Å². The predicted molar refractivity (Wildman–Crippen MR) is 85.2 cm³/mol. The van der Waals surface area contributed by atoms with Crippen LogP contribution in [0.25, 0.3) is 0 Å². The first-order valence-corrected chi connectivity index (χ1v) is 8.22. The van der Waals surface area contributed by atoms with Crippen LogP contribution < -0.4 is 4.74 Å². The van der Waals surface area contributed by atoms with Gasteiger partial charge in [-0.15, -0.1) is 0 Å². The molecule has 0 bridgehead atoms. The molecule has 0 aliphatic rings. The van der Waals surface area contributed by atoms with Crippen molar-refractivity contribution in [1.29, 1.82) is 0 Å². The fourth-order valence-electron chi connectivity index (χ4n) is 1.67. The van der Waals surface area contributed by atoms with E-state index in [0.717, 1.165) is 21.3 Å². The van der Waals surface area contributed by atoms with Gasteiger partial charge in [0.1, 0.15) is 18.2 Å². The normalized spacial score (nSPS) is 10.5. The molecule has 0 N–H and O–H groups in total. The van der Waals surface area contributed by atoms with Gasteiger partial charge in [0.25, 0.3) is 0 Å². The van der Waals surface area contributed by atoms with Gasteiger partial charge >= 0.3 is 0 Å². The summed E-state index contributed by atoms with van der Waals surface area (Å²) in [6.07, 6.45) is 0. The van der Waals surface area contributed by atoms with Gasteiger partial charge < -0.3 is 4.74 Å². The van der Waals surface area contributed by atoms with Crippen LogP contribution in [0.15, 0.2) is 45.3 Å². The zero-order valence-corrected chi connectivity index (χ0v) is 14.6. The standard InChI is InChI=1S/C14H10Br3FO/c15-7-10-2-1-3-13(17)14(10)19-8-9-4-11(16)6-12(18)5-9/h1-6H,7-8H2. The van der Waals surface area contributed by atoms with Crippen LogP contribution in [0.1, 0.15) is 11.1 Å². The van der Waals surface area contributed by atoms with Gasteiger partial charge in [0, 0.05) is 15.4 Å². The van der Waals surface area contributed by atoms with E-state index in [-0.39, 0.29) is 5.82 Å². The van der Waals surface area contributed by atoms with E-state index in [1.807, 2.05) is 24.3 Å². The molecule has 0 spiro atoms. The molecule has 2 aromatic carbocycles. The smallest absolute Gasteiger partial charge is 0.138 e. The molecule has 0 saturated heterocycles. The fraction of sp³-hybridized carbons (Fsp3) is 0.143. The van der Waals surface area contributed by atoms with Crippen LogP contribution in [0.3, 0.4) is 0 Å². The van der Waals surface area contributed by atoms with Crippen LogP contribution in [-0.4, -0.2) is 0 Å². The molecular formula is C14H10Br3FO. The molecule has 19 heavy (non-hydrogen) atoms. The van der Waals surface area contributed by atoms with Crippen LogP contribution in [-0.2, 0) is 11.9 Å². The van der Waals surface area contributed by atoms with Crippen molar-refractivity contribution in [3.05, 3.63) is 62.3 Å². The van der Waals surface area contributed by atoms with Crippen molar-refractivity contribution in [3.8, 4) is 5.75 Å². The highest BCUT2D eigenvalue weighted by Gasteiger charge is 2.08. The summed E-state index contributed by atoms with van der Waals surface area (Å²) in [7, 11) is 0. The topological polar surface area (TPSA) is 9.23 Å². The first-order chi connectivity index (χ1) is 9.10. The zero-order valence-electron chi connectivity index (χ0n) is 9.80. The highest BCUT2D eigenvalue weighted by atomic mass is 79.9. The number of hydrogen-bond acceptors (Lipinski definition) is 1. The van der Waals surface area contributed by atoms with Gasteiger partial charge in [0.2, 0.25) is 0 Å². The second kappa shape index (κ2) is 6.86. The third-order valence-corrected chi connectivity index (χ3v) is 4.18. The van der Waals surface area contributed by atoms with Gasteiger partial charge in [-0.05, 0) is 45.8 Å². The van der Waals surface area contributed by atoms with Crippen molar-refractivity contribution in [2.45, 2.75) is 11.9 Å². The molecule has 0 aromatic heterocycles. The first kappa shape index (κ1) is 15.0. The zero-order chi connectivity index (χ0) is 13.8. The number of hydrogen-bond donors (Lipinski definition) is 0. The number of ether oxygens (including phenoxy) is 1. The number of alkyl halides is 1. The molecule has 0 amide bonds. The van der Waals surface area contributed by atoms with Crippen LogP contribution in [0.4, 0.5) is 4.39 Å². The molecule has 100 valence electrons. The van der Waals surface area contributed by atoms with Crippen molar-refractivity contribution in [2.24, 2.45) is 0 Å². The van der Waals surface area contributed by atoms with Gasteiger partial charge in [-0.2, -0.15) is 0 Å². The molecule has 0 aliphatic carbocycles. The summed E-state index contributed by atoms with van der Waals surface area (Å²) in [4.78, 5) is 0. The maximum absolute atomic E-state index is 13.3. The summed E-state index contributed by atoms with van der Waals surface area (Å²) in [5.74, 6) is 0.501.